The number of benzene rings is 3. The summed E-state index contributed by atoms with van der Waals surface area (Å²) in [6.07, 6.45) is 2.28. The average Bonchev–Trinajstić information content (AvgIpc) is 3.41. The fraction of sp³-hybridized carbons (Fsp3) is 0.300. The molecule has 4 aromatic rings. The molecule has 3 aromatic carbocycles. The zero-order valence-corrected chi connectivity index (χ0v) is 21.9. The highest BCUT2D eigenvalue weighted by Crippen LogP contribution is 2.41. The van der Waals surface area contributed by atoms with Crippen LogP contribution in [0.5, 0.6) is 23.0 Å². The van der Waals surface area contributed by atoms with Crippen LogP contribution in [-0.2, 0) is 19.6 Å². The van der Waals surface area contributed by atoms with Gasteiger partial charge in [0.2, 0.25) is 11.6 Å². The first-order valence-electron chi connectivity index (χ1n) is 12.4. The van der Waals surface area contributed by atoms with Crippen LogP contribution in [0.15, 0.2) is 77.4 Å². The highest BCUT2D eigenvalue weighted by Gasteiger charge is 2.18. The quantitative estimate of drug-likeness (QED) is 0.222. The first-order valence-corrected chi connectivity index (χ1v) is 12.4. The van der Waals surface area contributed by atoms with Gasteiger partial charge in [-0.2, -0.15) is 0 Å². The van der Waals surface area contributed by atoms with Gasteiger partial charge in [-0.1, -0.05) is 49.4 Å². The van der Waals surface area contributed by atoms with Gasteiger partial charge in [0, 0.05) is 18.5 Å². The van der Waals surface area contributed by atoms with Crippen LogP contribution in [0.1, 0.15) is 23.7 Å². The summed E-state index contributed by atoms with van der Waals surface area (Å²) < 4.78 is 28.9. The fourth-order valence-corrected chi connectivity index (χ4v) is 3.82. The lowest BCUT2D eigenvalue weighted by Crippen LogP contribution is -2.16. The molecule has 37 heavy (non-hydrogen) atoms. The van der Waals surface area contributed by atoms with Crippen LogP contribution in [0.25, 0.3) is 11.5 Å². The van der Waals surface area contributed by atoms with Gasteiger partial charge in [0.25, 0.3) is 0 Å². The van der Waals surface area contributed by atoms with E-state index in [9.17, 15) is 0 Å². The Morgan fingerprint density at radius 2 is 1.57 bits per heavy atom. The van der Waals surface area contributed by atoms with E-state index in [1.54, 1.807) is 20.5 Å². The van der Waals surface area contributed by atoms with Crippen molar-refractivity contribution < 1.29 is 23.4 Å². The Hall–Kier alpha value is -3.97. The van der Waals surface area contributed by atoms with Gasteiger partial charge in [-0.15, -0.1) is 0 Å². The number of ether oxygens (including phenoxy) is 4. The van der Waals surface area contributed by atoms with Gasteiger partial charge in [-0.3, -0.25) is 0 Å². The van der Waals surface area contributed by atoms with Crippen LogP contribution in [-0.4, -0.2) is 44.3 Å². The molecule has 0 unspecified atom stereocenters. The zero-order chi connectivity index (χ0) is 26.0. The summed E-state index contributed by atoms with van der Waals surface area (Å²) >= 11 is 0. The second kappa shape index (κ2) is 12.8. The lowest BCUT2D eigenvalue weighted by molar-refractivity contribution is 0.266. The highest BCUT2D eigenvalue weighted by atomic mass is 16.5. The number of methoxy groups -OCH3 is 2. The maximum atomic E-state index is 6.04. The van der Waals surface area contributed by atoms with Crippen molar-refractivity contribution in [3.05, 3.63) is 89.8 Å². The number of hydrogen-bond donors (Lipinski definition) is 0. The summed E-state index contributed by atoms with van der Waals surface area (Å²) in [5, 5.41) is 0. The summed E-state index contributed by atoms with van der Waals surface area (Å²) in [4.78, 5) is 6.90. The zero-order valence-electron chi connectivity index (χ0n) is 21.9. The van der Waals surface area contributed by atoms with Crippen LogP contribution in [0.4, 0.5) is 0 Å². The van der Waals surface area contributed by atoms with Gasteiger partial charge < -0.3 is 28.3 Å². The van der Waals surface area contributed by atoms with Gasteiger partial charge in [0.1, 0.15) is 18.6 Å². The van der Waals surface area contributed by atoms with Gasteiger partial charge in [0.15, 0.2) is 11.5 Å². The van der Waals surface area contributed by atoms with E-state index in [1.165, 1.54) is 5.56 Å². The lowest BCUT2D eigenvalue weighted by atomic mass is 10.1. The van der Waals surface area contributed by atoms with Gasteiger partial charge >= 0.3 is 0 Å². The van der Waals surface area contributed by atoms with Crippen LogP contribution in [0.2, 0.25) is 0 Å². The van der Waals surface area contributed by atoms with E-state index >= 15 is 0 Å². The molecule has 0 saturated carbocycles. The van der Waals surface area contributed by atoms with Crippen molar-refractivity contribution >= 4 is 0 Å². The Kier molecular flexibility index (Phi) is 9.05. The van der Waals surface area contributed by atoms with E-state index in [2.05, 4.69) is 36.0 Å². The topological polar surface area (TPSA) is 66.2 Å². The van der Waals surface area contributed by atoms with E-state index in [0.717, 1.165) is 35.7 Å². The minimum Gasteiger partial charge on any atom is -0.493 e. The van der Waals surface area contributed by atoms with Crippen molar-refractivity contribution in [1.82, 2.24) is 9.88 Å². The molecule has 7 heteroatoms. The lowest BCUT2D eigenvalue weighted by Gasteiger charge is -2.15. The first kappa shape index (κ1) is 26.1. The molecule has 0 saturated heterocycles. The fourth-order valence-electron chi connectivity index (χ4n) is 3.82. The Bertz CT molecular complexity index is 1230. The smallest absolute Gasteiger partial charge is 0.226 e. The highest BCUT2D eigenvalue weighted by molar-refractivity contribution is 5.66. The molecule has 0 fully saturated rings. The van der Waals surface area contributed by atoms with E-state index in [-0.39, 0.29) is 0 Å². The molecular formula is C30H34N2O5. The molecule has 0 N–H and O–H groups in total. The number of rotatable bonds is 13. The molecule has 7 nitrogen and oxygen atoms in total. The molecular weight excluding hydrogens is 468 g/mol. The van der Waals surface area contributed by atoms with Crippen LogP contribution in [0, 0.1) is 0 Å². The van der Waals surface area contributed by atoms with E-state index < -0.39 is 0 Å². The first-order chi connectivity index (χ1) is 18.1. The van der Waals surface area contributed by atoms with E-state index in [4.69, 9.17) is 23.4 Å². The number of hydrogen-bond acceptors (Lipinski definition) is 7. The van der Waals surface area contributed by atoms with Crippen LogP contribution >= 0.6 is 0 Å². The third-order valence-corrected chi connectivity index (χ3v) is 6.03. The maximum Gasteiger partial charge on any atom is 0.226 e. The van der Waals surface area contributed by atoms with Crippen molar-refractivity contribution in [3.8, 4) is 34.5 Å². The Morgan fingerprint density at radius 3 is 2.22 bits per heavy atom. The third-order valence-electron chi connectivity index (χ3n) is 6.03. The van der Waals surface area contributed by atoms with Crippen molar-refractivity contribution in [1.29, 1.82) is 0 Å². The molecule has 194 valence electrons. The number of nitrogens with zero attached hydrogens (tertiary/aromatic N) is 2. The van der Waals surface area contributed by atoms with Crippen molar-refractivity contribution in [2.24, 2.45) is 0 Å². The molecule has 1 aromatic heterocycles. The summed E-state index contributed by atoms with van der Waals surface area (Å²) in [5.41, 5.74) is 3.86. The van der Waals surface area contributed by atoms with Crippen LogP contribution < -0.4 is 18.9 Å². The molecule has 0 radical (unpaired) electrons. The van der Waals surface area contributed by atoms with Crippen molar-refractivity contribution in [2.45, 2.75) is 26.5 Å². The maximum absolute atomic E-state index is 6.04. The van der Waals surface area contributed by atoms with Gasteiger partial charge in [-0.25, -0.2) is 4.98 Å². The molecule has 0 bridgehead atoms. The Labute approximate surface area is 218 Å². The normalized spacial score (nSPS) is 10.9. The Balaban J connectivity index is 1.38. The largest absolute Gasteiger partial charge is 0.493 e. The number of aromatic nitrogens is 1. The predicted molar refractivity (Wildman–Crippen MR) is 143 cm³/mol. The number of oxazole rings is 1. The summed E-state index contributed by atoms with van der Waals surface area (Å²) in [5.74, 6) is 2.94. The molecule has 0 atom stereocenters. The molecule has 0 aliphatic heterocycles. The monoisotopic (exact) mass is 502 g/mol. The van der Waals surface area contributed by atoms with Crippen LogP contribution in [0.3, 0.4) is 0 Å². The standard InChI is InChI=1S/C30H34N2O5/c1-5-32(2)19-22-11-13-26(14-12-22)35-16-15-25-21-37-30(31-25)24-17-27(33-3)29(28(18-24)34-4)36-20-23-9-7-6-8-10-23/h6-14,17-18,21H,5,15-16,19-20H2,1-4H3. The predicted octanol–water partition coefficient (Wildman–Crippen LogP) is 6.01. The molecule has 4 rings (SSSR count). The summed E-state index contributed by atoms with van der Waals surface area (Å²) in [6.45, 7) is 4.99. The summed E-state index contributed by atoms with van der Waals surface area (Å²) in [6, 6.07) is 21.8. The molecule has 0 amide bonds. The average molecular weight is 503 g/mol. The van der Waals surface area contributed by atoms with Crippen molar-refractivity contribution in [3.63, 3.8) is 0 Å². The Morgan fingerprint density at radius 1 is 0.865 bits per heavy atom. The molecule has 0 aliphatic carbocycles. The molecule has 0 spiro atoms. The minimum atomic E-state index is 0.397. The van der Waals surface area contributed by atoms with E-state index in [1.807, 2.05) is 54.6 Å². The second-order valence-electron chi connectivity index (χ2n) is 8.70. The molecule has 1 heterocycles. The van der Waals surface area contributed by atoms with Crippen molar-refractivity contribution in [2.75, 3.05) is 34.4 Å². The SMILES string of the molecule is CCN(C)Cc1ccc(OCCc2coc(-c3cc(OC)c(OCc4ccccc4)c(OC)c3)n2)cc1. The third kappa shape index (κ3) is 7.05. The minimum absolute atomic E-state index is 0.397. The second-order valence-corrected chi connectivity index (χ2v) is 8.70. The summed E-state index contributed by atoms with van der Waals surface area (Å²) in [7, 11) is 5.30. The van der Waals surface area contributed by atoms with Gasteiger partial charge in [-0.05, 0) is 49.0 Å². The van der Waals surface area contributed by atoms with Gasteiger partial charge in [0.05, 0.1) is 26.5 Å². The van der Waals surface area contributed by atoms with E-state index in [0.29, 0.717) is 42.8 Å². The molecule has 0 aliphatic rings.